The van der Waals surface area contributed by atoms with Crippen LogP contribution in [0.4, 0.5) is 0 Å². The first kappa shape index (κ1) is 16.4. The Kier molecular flexibility index (Phi) is 4.62. The molecule has 0 atom stereocenters. The summed E-state index contributed by atoms with van der Waals surface area (Å²) < 4.78 is 5.27. The van der Waals surface area contributed by atoms with E-state index in [2.05, 4.69) is 35.2 Å². The van der Waals surface area contributed by atoms with Gasteiger partial charge >= 0.3 is 0 Å². The number of amides is 1. The van der Waals surface area contributed by atoms with Crippen LogP contribution < -0.4 is 0 Å². The van der Waals surface area contributed by atoms with Crippen LogP contribution in [0.2, 0.25) is 0 Å². The van der Waals surface area contributed by atoms with Gasteiger partial charge in [-0.15, -0.1) is 0 Å². The van der Waals surface area contributed by atoms with Gasteiger partial charge in [0.2, 0.25) is 0 Å². The normalized spacial score (nSPS) is 20.7. The van der Waals surface area contributed by atoms with Gasteiger partial charge in [-0.05, 0) is 55.3 Å². The largest absolute Gasteiger partial charge is 0.459 e. The van der Waals surface area contributed by atoms with E-state index in [0.717, 1.165) is 39.0 Å². The zero-order valence-corrected chi connectivity index (χ0v) is 14.7. The number of nitrogens with zero attached hydrogens (tertiary/aromatic N) is 2. The lowest BCUT2D eigenvalue weighted by atomic mass is 9.72. The Morgan fingerprint density at radius 1 is 1.00 bits per heavy atom. The molecule has 0 unspecified atom stereocenters. The number of hydrogen-bond acceptors (Lipinski definition) is 3. The van der Waals surface area contributed by atoms with Crippen LogP contribution in [0.1, 0.15) is 41.8 Å². The van der Waals surface area contributed by atoms with Gasteiger partial charge in [0.15, 0.2) is 5.76 Å². The van der Waals surface area contributed by atoms with Gasteiger partial charge in [-0.1, -0.05) is 30.3 Å². The minimum Gasteiger partial charge on any atom is -0.459 e. The third-order valence-corrected chi connectivity index (χ3v) is 5.83. The molecule has 0 radical (unpaired) electrons. The first-order chi connectivity index (χ1) is 12.2. The van der Waals surface area contributed by atoms with E-state index in [9.17, 15) is 4.79 Å². The molecule has 4 rings (SSSR count). The lowest BCUT2D eigenvalue weighted by Crippen LogP contribution is -2.50. The highest BCUT2D eigenvalue weighted by Gasteiger charge is 2.39. The molecular weight excluding hydrogens is 312 g/mol. The molecular formula is C21H26N2O2. The molecule has 2 saturated heterocycles. The van der Waals surface area contributed by atoms with Crippen molar-refractivity contribution >= 4 is 5.91 Å². The molecule has 1 amide bonds. The molecule has 0 saturated carbocycles. The summed E-state index contributed by atoms with van der Waals surface area (Å²) in [4.78, 5) is 17.0. The lowest BCUT2D eigenvalue weighted by Gasteiger charge is -2.47. The Hall–Kier alpha value is -2.07. The molecule has 2 aliphatic rings. The van der Waals surface area contributed by atoms with Gasteiger partial charge in [0.1, 0.15) is 0 Å². The predicted octanol–water partition coefficient (Wildman–Crippen LogP) is 3.80. The number of furan rings is 1. The van der Waals surface area contributed by atoms with Crippen molar-refractivity contribution in [3.05, 3.63) is 60.1 Å². The van der Waals surface area contributed by atoms with Gasteiger partial charge < -0.3 is 9.32 Å². The zero-order valence-electron chi connectivity index (χ0n) is 14.7. The molecule has 2 fully saturated rings. The second-order valence-electron chi connectivity index (χ2n) is 7.57. The lowest BCUT2D eigenvalue weighted by molar-refractivity contribution is 0.0185. The maximum Gasteiger partial charge on any atom is 0.289 e. The number of rotatable bonds is 3. The van der Waals surface area contributed by atoms with Gasteiger partial charge in [0, 0.05) is 26.2 Å². The van der Waals surface area contributed by atoms with Crippen LogP contribution in [0.3, 0.4) is 0 Å². The minimum absolute atomic E-state index is 0.0387. The fourth-order valence-electron chi connectivity index (χ4n) is 4.44. The number of likely N-dealkylation sites (tertiary alicyclic amines) is 2. The molecule has 2 aliphatic heterocycles. The summed E-state index contributed by atoms with van der Waals surface area (Å²) in [6, 6.07) is 14.3. The van der Waals surface area contributed by atoms with Crippen molar-refractivity contribution in [1.82, 2.24) is 9.80 Å². The summed E-state index contributed by atoms with van der Waals surface area (Å²) in [6.07, 6.45) is 6.33. The highest BCUT2D eigenvalue weighted by molar-refractivity contribution is 5.91. The van der Waals surface area contributed by atoms with Crippen molar-refractivity contribution in [1.29, 1.82) is 0 Å². The maximum absolute atomic E-state index is 12.5. The highest BCUT2D eigenvalue weighted by atomic mass is 16.3. The average molecular weight is 338 g/mol. The van der Waals surface area contributed by atoms with Crippen LogP contribution in [0.15, 0.2) is 53.1 Å². The number of piperidine rings is 2. The topological polar surface area (TPSA) is 36.7 Å². The summed E-state index contributed by atoms with van der Waals surface area (Å²) in [5, 5.41) is 0. The molecule has 0 bridgehead atoms. The molecule has 25 heavy (non-hydrogen) atoms. The van der Waals surface area contributed by atoms with Crippen molar-refractivity contribution in [3.8, 4) is 0 Å². The molecule has 3 heterocycles. The molecule has 1 aromatic carbocycles. The maximum atomic E-state index is 12.5. The van der Waals surface area contributed by atoms with E-state index in [0.29, 0.717) is 11.2 Å². The Morgan fingerprint density at radius 2 is 1.80 bits per heavy atom. The van der Waals surface area contributed by atoms with Crippen LogP contribution >= 0.6 is 0 Å². The van der Waals surface area contributed by atoms with E-state index < -0.39 is 0 Å². The fourth-order valence-corrected chi connectivity index (χ4v) is 4.44. The first-order valence-electron chi connectivity index (χ1n) is 9.33. The Morgan fingerprint density at radius 3 is 2.52 bits per heavy atom. The van der Waals surface area contributed by atoms with Gasteiger partial charge in [-0.25, -0.2) is 0 Å². The van der Waals surface area contributed by atoms with Crippen LogP contribution in [-0.2, 0) is 6.54 Å². The van der Waals surface area contributed by atoms with Gasteiger partial charge in [0.25, 0.3) is 5.91 Å². The standard InChI is InChI=1S/C21H26N2O2/c24-20(19-8-4-15-25-19)23-13-10-21(11-14-23)9-5-12-22(17-21)16-18-6-2-1-3-7-18/h1-4,6-8,15H,5,9-14,16-17H2. The Labute approximate surface area is 149 Å². The quantitative estimate of drug-likeness (QED) is 0.854. The van der Waals surface area contributed by atoms with Crippen molar-refractivity contribution in [2.24, 2.45) is 5.41 Å². The first-order valence-corrected chi connectivity index (χ1v) is 9.33. The summed E-state index contributed by atoms with van der Waals surface area (Å²) >= 11 is 0. The smallest absolute Gasteiger partial charge is 0.289 e. The summed E-state index contributed by atoms with van der Waals surface area (Å²) in [7, 11) is 0. The molecule has 132 valence electrons. The van der Waals surface area contributed by atoms with Crippen molar-refractivity contribution in [2.75, 3.05) is 26.2 Å². The van der Waals surface area contributed by atoms with E-state index in [1.807, 2.05) is 4.90 Å². The van der Waals surface area contributed by atoms with E-state index in [1.165, 1.54) is 24.9 Å². The van der Waals surface area contributed by atoms with E-state index in [4.69, 9.17) is 4.42 Å². The highest BCUT2D eigenvalue weighted by Crippen LogP contribution is 2.40. The van der Waals surface area contributed by atoms with E-state index in [-0.39, 0.29) is 5.91 Å². The third kappa shape index (κ3) is 3.64. The van der Waals surface area contributed by atoms with Crippen LogP contribution in [0, 0.1) is 5.41 Å². The average Bonchev–Trinajstić information content (AvgIpc) is 3.18. The summed E-state index contributed by atoms with van der Waals surface area (Å²) in [6.45, 7) is 5.07. The molecule has 2 aromatic rings. The summed E-state index contributed by atoms with van der Waals surface area (Å²) in [5.41, 5.74) is 1.78. The minimum atomic E-state index is 0.0387. The van der Waals surface area contributed by atoms with E-state index in [1.54, 1.807) is 18.4 Å². The van der Waals surface area contributed by atoms with Gasteiger partial charge in [-0.3, -0.25) is 9.69 Å². The molecule has 0 N–H and O–H groups in total. The number of carbonyl (C=O) groups is 1. The SMILES string of the molecule is O=C(c1ccco1)N1CCC2(CCCN(Cc3ccccc3)C2)CC1. The second-order valence-corrected chi connectivity index (χ2v) is 7.57. The summed E-state index contributed by atoms with van der Waals surface area (Å²) in [5.74, 6) is 0.502. The van der Waals surface area contributed by atoms with Crippen LogP contribution in [0.25, 0.3) is 0 Å². The van der Waals surface area contributed by atoms with Crippen molar-refractivity contribution in [3.63, 3.8) is 0 Å². The van der Waals surface area contributed by atoms with Crippen LogP contribution in [-0.4, -0.2) is 41.9 Å². The van der Waals surface area contributed by atoms with Gasteiger partial charge in [0.05, 0.1) is 6.26 Å². The molecule has 4 nitrogen and oxygen atoms in total. The number of carbonyl (C=O) groups excluding carboxylic acids is 1. The Balaban J connectivity index is 1.36. The van der Waals surface area contributed by atoms with Crippen LogP contribution in [0.5, 0.6) is 0 Å². The molecule has 4 heteroatoms. The third-order valence-electron chi connectivity index (χ3n) is 5.83. The second kappa shape index (κ2) is 7.04. The van der Waals surface area contributed by atoms with Gasteiger partial charge in [-0.2, -0.15) is 0 Å². The van der Waals surface area contributed by atoms with Crippen molar-refractivity contribution < 1.29 is 9.21 Å². The number of hydrogen-bond donors (Lipinski definition) is 0. The molecule has 0 aliphatic carbocycles. The van der Waals surface area contributed by atoms with E-state index >= 15 is 0 Å². The number of benzene rings is 1. The fraction of sp³-hybridized carbons (Fsp3) is 0.476. The Bertz CT molecular complexity index is 688. The zero-order chi connectivity index (χ0) is 17.1. The molecule has 1 spiro atoms. The van der Waals surface area contributed by atoms with Crippen molar-refractivity contribution in [2.45, 2.75) is 32.2 Å². The predicted molar refractivity (Wildman–Crippen MR) is 97.2 cm³/mol. The monoisotopic (exact) mass is 338 g/mol. The molecule has 1 aromatic heterocycles.